The molecule has 0 aliphatic heterocycles. The van der Waals surface area contributed by atoms with Crippen molar-refractivity contribution >= 4 is 17.5 Å². The van der Waals surface area contributed by atoms with E-state index in [1.54, 1.807) is 13.1 Å². The number of likely N-dealkylation sites (N-methyl/N-ethyl adjacent to an activating group) is 1. The molecule has 5 nitrogen and oxygen atoms in total. The van der Waals surface area contributed by atoms with Gasteiger partial charge < -0.3 is 15.3 Å². The Kier molecular flexibility index (Phi) is 5.77. The van der Waals surface area contributed by atoms with Crippen molar-refractivity contribution in [3.05, 3.63) is 29.3 Å². The monoisotopic (exact) mass is 318 g/mol. The van der Waals surface area contributed by atoms with E-state index in [0.717, 1.165) is 36.8 Å². The van der Waals surface area contributed by atoms with Gasteiger partial charge in [-0.25, -0.2) is 0 Å². The smallest absolute Gasteiger partial charge is 0.313 e. The fraction of sp³-hybridized carbons (Fsp3) is 0.556. The Morgan fingerprint density at radius 3 is 2.65 bits per heavy atom. The van der Waals surface area contributed by atoms with E-state index in [2.05, 4.69) is 5.32 Å². The van der Waals surface area contributed by atoms with E-state index in [4.69, 9.17) is 0 Å². The molecule has 1 aliphatic carbocycles. The van der Waals surface area contributed by atoms with Crippen LogP contribution in [0.15, 0.2) is 18.2 Å². The maximum atomic E-state index is 12.3. The van der Waals surface area contributed by atoms with Gasteiger partial charge in [0.2, 0.25) is 0 Å². The van der Waals surface area contributed by atoms with Crippen molar-refractivity contribution in [1.29, 1.82) is 0 Å². The first-order valence-electron chi connectivity index (χ1n) is 8.21. The molecule has 0 heterocycles. The van der Waals surface area contributed by atoms with Crippen molar-refractivity contribution in [3.63, 3.8) is 0 Å². The van der Waals surface area contributed by atoms with Gasteiger partial charge in [0.1, 0.15) is 0 Å². The molecule has 1 aromatic rings. The van der Waals surface area contributed by atoms with Gasteiger partial charge in [-0.15, -0.1) is 0 Å². The lowest BCUT2D eigenvalue weighted by molar-refractivity contribution is -0.143. The molecule has 1 aromatic carbocycles. The lowest BCUT2D eigenvalue weighted by Gasteiger charge is -2.30. The molecule has 0 spiro atoms. The highest BCUT2D eigenvalue weighted by Crippen LogP contribution is 2.25. The highest BCUT2D eigenvalue weighted by molar-refractivity contribution is 6.39. The van der Waals surface area contributed by atoms with Crippen LogP contribution in [-0.2, 0) is 9.59 Å². The number of carbonyl (C=O) groups excluding carboxylic acids is 2. The molecule has 126 valence electrons. The summed E-state index contributed by atoms with van der Waals surface area (Å²) in [6, 6.07) is 5.60. The summed E-state index contributed by atoms with van der Waals surface area (Å²) in [5.41, 5.74) is 2.68. The Labute approximate surface area is 137 Å². The Hall–Kier alpha value is -1.88. The fourth-order valence-corrected chi connectivity index (χ4v) is 3.07. The number of hydrogen-bond acceptors (Lipinski definition) is 3. The van der Waals surface area contributed by atoms with Gasteiger partial charge in [0.15, 0.2) is 0 Å². The molecule has 1 fully saturated rings. The molecule has 1 saturated carbocycles. The van der Waals surface area contributed by atoms with Gasteiger partial charge in [0.25, 0.3) is 0 Å². The molecule has 0 aromatic heterocycles. The molecule has 2 unspecified atom stereocenters. The number of carbonyl (C=O) groups is 2. The molecule has 0 bridgehead atoms. The van der Waals surface area contributed by atoms with Crippen LogP contribution in [0.3, 0.4) is 0 Å². The second-order valence-corrected chi connectivity index (χ2v) is 6.50. The number of hydrogen-bond donors (Lipinski definition) is 2. The van der Waals surface area contributed by atoms with E-state index >= 15 is 0 Å². The maximum absolute atomic E-state index is 12.3. The molecule has 2 rings (SSSR count). The van der Waals surface area contributed by atoms with E-state index < -0.39 is 11.8 Å². The van der Waals surface area contributed by atoms with Crippen LogP contribution >= 0.6 is 0 Å². The average molecular weight is 318 g/mol. The minimum Gasteiger partial charge on any atom is -0.393 e. The third-order valence-electron chi connectivity index (χ3n) is 4.77. The summed E-state index contributed by atoms with van der Waals surface area (Å²) in [6.07, 6.45) is 3.40. The van der Waals surface area contributed by atoms with Crippen LogP contribution in [0.1, 0.15) is 36.8 Å². The Balaban J connectivity index is 1.96. The van der Waals surface area contributed by atoms with Crippen LogP contribution in [0.5, 0.6) is 0 Å². The maximum Gasteiger partial charge on any atom is 0.313 e. The van der Waals surface area contributed by atoms with Crippen LogP contribution in [0.4, 0.5) is 5.69 Å². The van der Waals surface area contributed by atoms with Crippen LogP contribution in [0.25, 0.3) is 0 Å². The zero-order chi connectivity index (χ0) is 17.0. The van der Waals surface area contributed by atoms with E-state index in [1.807, 2.05) is 26.0 Å². The molecule has 1 aliphatic rings. The number of rotatable bonds is 3. The summed E-state index contributed by atoms with van der Waals surface area (Å²) < 4.78 is 0. The minimum atomic E-state index is -0.633. The van der Waals surface area contributed by atoms with Gasteiger partial charge in [-0.2, -0.15) is 0 Å². The van der Waals surface area contributed by atoms with Crippen LogP contribution in [-0.4, -0.2) is 41.5 Å². The molecule has 0 saturated heterocycles. The van der Waals surface area contributed by atoms with Crippen molar-refractivity contribution < 1.29 is 14.7 Å². The molecule has 0 radical (unpaired) electrons. The first kappa shape index (κ1) is 17.5. The molecule has 2 atom stereocenters. The zero-order valence-electron chi connectivity index (χ0n) is 14.1. The summed E-state index contributed by atoms with van der Waals surface area (Å²) in [5, 5.41) is 12.7. The van der Waals surface area contributed by atoms with Gasteiger partial charge >= 0.3 is 11.8 Å². The number of aliphatic hydroxyl groups excluding tert-OH is 1. The highest BCUT2D eigenvalue weighted by atomic mass is 16.3. The lowest BCUT2D eigenvalue weighted by Crippen LogP contribution is -2.42. The number of benzene rings is 1. The van der Waals surface area contributed by atoms with Gasteiger partial charge in [-0.05, 0) is 43.9 Å². The molecule has 23 heavy (non-hydrogen) atoms. The fourth-order valence-electron chi connectivity index (χ4n) is 3.07. The number of aliphatic hydroxyl groups is 1. The predicted octanol–water partition coefficient (Wildman–Crippen LogP) is 2.25. The van der Waals surface area contributed by atoms with Crippen molar-refractivity contribution in [2.24, 2.45) is 5.92 Å². The SMILES string of the molecule is Cc1cccc(NC(=O)C(=O)N(C)CC2CCCCC2O)c1C. The largest absolute Gasteiger partial charge is 0.393 e. The summed E-state index contributed by atoms with van der Waals surface area (Å²) >= 11 is 0. The van der Waals surface area contributed by atoms with Gasteiger partial charge in [-0.1, -0.05) is 25.0 Å². The number of anilines is 1. The summed E-state index contributed by atoms with van der Waals surface area (Å²) in [7, 11) is 1.62. The number of nitrogens with one attached hydrogen (secondary N) is 1. The van der Waals surface area contributed by atoms with E-state index in [1.165, 1.54) is 4.90 Å². The standard InChI is InChI=1S/C18H26N2O3/c1-12-7-6-9-15(13(12)2)19-17(22)18(23)20(3)11-14-8-4-5-10-16(14)21/h6-7,9,14,16,21H,4-5,8,10-11H2,1-3H3,(H,19,22). The summed E-state index contributed by atoms with van der Waals surface area (Å²) in [4.78, 5) is 25.8. The second-order valence-electron chi connectivity index (χ2n) is 6.50. The van der Waals surface area contributed by atoms with Crippen molar-refractivity contribution in [2.45, 2.75) is 45.6 Å². The summed E-state index contributed by atoms with van der Waals surface area (Å²) in [6.45, 7) is 4.29. The van der Waals surface area contributed by atoms with E-state index in [9.17, 15) is 14.7 Å². The van der Waals surface area contributed by atoms with Gasteiger partial charge in [0.05, 0.1) is 6.10 Å². The minimum absolute atomic E-state index is 0.0613. The van der Waals surface area contributed by atoms with E-state index in [-0.39, 0.29) is 12.0 Å². The molecular weight excluding hydrogens is 292 g/mol. The van der Waals surface area contributed by atoms with Gasteiger partial charge in [0, 0.05) is 25.2 Å². The number of aryl methyl sites for hydroxylation is 1. The second kappa shape index (κ2) is 7.59. The van der Waals surface area contributed by atoms with Gasteiger partial charge in [-0.3, -0.25) is 9.59 Å². The van der Waals surface area contributed by atoms with Crippen molar-refractivity contribution in [1.82, 2.24) is 4.90 Å². The van der Waals surface area contributed by atoms with E-state index in [0.29, 0.717) is 12.2 Å². The number of amides is 2. The number of nitrogens with zero attached hydrogens (tertiary/aromatic N) is 1. The molecular formula is C18H26N2O3. The first-order chi connectivity index (χ1) is 10.9. The van der Waals surface area contributed by atoms with Crippen molar-refractivity contribution in [2.75, 3.05) is 18.9 Å². The van der Waals surface area contributed by atoms with Crippen LogP contribution in [0.2, 0.25) is 0 Å². The van der Waals surface area contributed by atoms with Crippen molar-refractivity contribution in [3.8, 4) is 0 Å². The lowest BCUT2D eigenvalue weighted by atomic mass is 9.86. The third-order valence-corrected chi connectivity index (χ3v) is 4.77. The molecule has 2 N–H and O–H groups in total. The summed E-state index contributed by atoms with van der Waals surface area (Å²) in [5.74, 6) is -1.14. The topological polar surface area (TPSA) is 69.6 Å². The van der Waals surface area contributed by atoms with Crippen LogP contribution in [0, 0.1) is 19.8 Å². The molecule has 5 heteroatoms. The Bertz CT molecular complexity index is 586. The Morgan fingerprint density at radius 1 is 1.26 bits per heavy atom. The average Bonchev–Trinajstić information content (AvgIpc) is 2.53. The molecule has 2 amide bonds. The van der Waals surface area contributed by atoms with Crippen LogP contribution < -0.4 is 5.32 Å². The highest BCUT2D eigenvalue weighted by Gasteiger charge is 2.27. The predicted molar refractivity (Wildman–Crippen MR) is 90.1 cm³/mol. The zero-order valence-corrected chi connectivity index (χ0v) is 14.1. The first-order valence-corrected chi connectivity index (χ1v) is 8.21. The normalized spacial score (nSPS) is 20.9. The Morgan fingerprint density at radius 2 is 1.96 bits per heavy atom. The quantitative estimate of drug-likeness (QED) is 0.840. The third kappa shape index (κ3) is 4.32.